The quantitative estimate of drug-likeness (QED) is 0.382. The predicted molar refractivity (Wildman–Crippen MR) is 130 cm³/mol. The highest BCUT2D eigenvalue weighted by Gasteiger charge is 2.48. The Balaban J connectivity index is 1.28. The fourth-order valence-electron chi connectivity index (χ4n) is 4.13. The van der Waals surface area contributed by atoms with E-state index >= 15 is 0 Å². The molecular formula is C25H23N7O4. The fraction of sp³-hybridized carbons (Fsp3) is 0.200. The average molecular weight is 486 g/mol. The molecule has 2 N–H and O–H groups in total. The van der Waals surface area contributed by atoms with Crippen LogP contribution in [0.5, 0.6) is 0 Å². The van der Waals surface area contributed by atoms with Gasteiger partial charge in [-0.2, -0.15) is 10.1 Å². The van der Waals surface area contributed by atoms with Crippen molar-refractivity contribution in [1.29, 1.82) is 0 Å². The van der Waals surface area contributed by atoms with Crippen molar-refractivity contribution in [2.75, 3.05) is 0 Å². The molecule has 0 spiro atoms. The first-order chi connectivity index (χ1) is 17.4. The number of hydrogen-bond acceptors (Lipinski definition) is 6. The number of aryl methyl sites for hydroxylation is 1. The molecule has 2 aromatic carbocycles. The number of fused-ring (bicyclic) bond motifs is 1. The number of nitrogens with one attached hydrogen (secondary N) is 2. The van der Waals surface area contributed by atoms with E-state index in [0.29, 0.717) is 23.5 Å². The predicted octanol–water partition coefficient (Wildman–Crippen LogP) is 1.56. The summed E-state index contributed by atoms with van der Waals surface area (Å²) in [7, 11) is 0. The number of imide groups is 1. The van der Waals surface area contributed by atoms with Crippen molar-refractivity contribution in [2.45, 2.75) is 31.8 Å². The molecule has 0 aliphatic carbocycles. The Labute approximate surface area is 205 Å². The first-order valence-electron chi connectivity index (χ1n) is 11.3. The monoisotopic (exact) mass is 485 g/mol. The van der Waals surface area contributed by atoms with Crippen molar-refractivity contribution in [3.63, 3.8) is 0 Å². The first kappa shape index (κ1) is 23.0. The van der Waals surface area contributed by atoms with E-state index in [2.05, 4.69) is 20.8 Å². The maximum atomic E-state index is 13.0. The summed E-state index contributed by atoms with van der Waals surface area (Å²) in [6.07, 6.45) is 3.56. The van der Waals surface area contributed by atoms with E-state index in [-0.39, 0.29) is 5.39 Å². The second-order valence-electron chi connectivity index (χ2n) is 8.73. The summed E-state index contributed by atoms with van der Waals surface area (Å²) in [5.41, 5.74) is 2.80. The fourth-order valence-corrected chi connectivity index (χ4v) is 4.13. The second kappa shape index (κ2) is 9.10. The highest BCUT2D eigenvalue weighted by molar-refractivity contribution is 6.07. The largest absolute Gasteiger partial charge is 0.344 e. The van der Waals surface area contributed by atoms with Crippen LogP contribution in [0.15, 0.2) is 78.0 Å². The molecule has 1 aliphatic rings. The van der Waals surface area contributed by atoms with E-state index in [0.717, 1.165) is 15.8 Å². The number of amides is 4. The number of rotatable bonds is 7. The van der Waals surface area contributed by atoms with Gasteiger partial charge in [0.2, 0.25) is 0 Å². The molecule has 36 heavy (non-hydrogen) atoms. The van der Waals surface area contributed by atoms with Crippen LogP contribution in [-0.4, -0.2) is 47.7 Å². The summed E-state index contributed by atoms with van der Waals surface area (Å²) >= 11 is 0. The number of hydrazine groups is 1. The zero-order chi connectivity index (χ0) is 25.3. The van der Waals surface area contributed by atoms with Gasteiger partial charge in [0.05, 0.1) is 11.9 Å². The summed E-state index contributed by atoms with van der Waals surface area (Å²) in [5.74, 6) is -1.29. The molecule has 3 heterocycles. The molecule has 5 rings (SSSR count). The highest BCUT2D eigenvalue weighted by Crippen LogP contribution is 2.22. The van der Waals surface area contributed by atoms with Crippen molar-refractivity contribution in [1.82, 2.24) is 35.1 Å². The normalized spacial score (nSPS) is 17.4. The van der Waals surface area contributed by atoms with Crippen molar-refractivity contribution in [2.24, 2.45) is 0 Å². The van der Waals surface area contributed by atoms with Crippen LogP contribution in [0.25, 0.3) is 16.7 Å². The minimum absolute atomic E-state index is 0.234. The molecule has 1 saturated heterocycles. The number of nitrogens with zero attached hydrogens (tertiary/aromatic N) is 5. The molecule has 1 aliphatic heterocycles. The van der Waals surface area contributed by atoms with Gasteiger partial charge >= 0.3 is 6.03 Å². The smallest absolute Gasteiger partial charge is 0.322 e. The molecule has 1 atom stereocenters. The van der Waals surface area contributed by atoms with E-state index < -0.39 is 35.5 Å². The maximum absolute atomic E-state index is 13.0. The summed E-state index contributed by atoms with van der Waals surface area (Å²) in [4.78, 5) is 55.3. The molecule has 2 aromatic heterocycles. The van der Waals surface area contributed by atoms with Crippen LogP contribution in [0.1, 0.15) is 18.9 Å². The molecule has 0 unspecified atom stereocenters. The lowest BCUT2D eigenvalue weighted by molar-refractivity contribution is -0.139. The molecule has 11 nitrogen and oxygen atoms in total. The molecule has 11 heteroatoms. The van der Waals surface area contributed by atoms with Gasteiger partial charge in [0.25, 0.3) is 17.4 Å². The number of urea groups is 1. The third kappa shape index (κ3) is 4.22. The van der Waals surface area contributed by atoms with Crippen molar-refractivity contribution < 1.29 is 14.4 Å². The lowest BCUT2D eigenvalue weighted by atomic mass is 9.93. The van der Waals surface area contributed by atoms with E-state index in [1.165, 1.54) is 17.2 Å². The van der Waals surface area contributed by atoms with Gasteiger partial charge in [-0.1, -0.05) is 48.5 Å². The first-order valence-corrected chi connectivity index (χ1v) is 11.3. The van der Waals surface area contributed by atoms with Gasteiger partial charge in [-0.3, -0.25) is 24.4 Å². The van der Waals surface area contributed by atoms with Crippen LogP contribution >= 0.6 is 0 Å². The minimum Gasteiger partial charge on any atom is -0.322 e. The van der Waals surface area contributed by atoms with E-state index in [4.69, 9.17) is 0 Å². The van der Waals surface area contributed by atoms with Crippen LogP contribution in [0.3, 0.4) is 0 Å². The van der Waals surface area contributed by atoms with E-state index in [9.17, 15) is 19.2 Å². The van der Waals surface area contributed by atoms with Crippen LogP contribution in [0.4, 0.5) is 4.79 Å². The topological polar surface area (TPSA) is 131 Å². The SMILES string of the molecule is C[C@@]1(CCc2ccccc2)NC(=O)N(NC(=O)Cn2cnc3c(cnn3-c3ccccc3)c2=O)C1=O. The Morgan fingerprint density at radius 3 is 2.44 bits per heavy atom. The Bertz CT molecular complexity index is 1510. The molecule has 0 saturated carbocycles. The number of carbonyl (C=O) groups excluding carboxylic acids is 3. The van der Waals surface area contributed by atoms with Gasteiger partial charge in [0, 0.05) is 0 Å². The van der Waals surface area contributed by atoms with Crippen molar-refractivity contribution in [3.05, 3.63) is 89.1 Å². The van der Waals surface area contributed by atoms with Crippen molar-refractivity contribution >= 4 is 28.9 Å². The zero-order valence-electron chi connectivity index (χ0n) is 19.4. The summed E-state index contributed by atoms with van der Waals surface area (Å²) in [6, 6.07) is 18.1. The zero-order valence-corrected chi connectivity index (χ0v) is 19.4. The molecule has 0 radical (unpaired) electrons. The summed E-state index contributed by atoms with van der Waals surface area (Å²) in [6.45, 7) is 1.19. The Kier molecular flexibility index (Phi) is 5.80. The van der Waals surface area contributed by atoms with Gasteiger partial charge in [0.1, 0.15) is 23.8 Å². The minimum atomic E-state index is -1.16. The van der Waals surface area contributed by atoms with Gasteiger partial charge in [0.15, 0.2) is 5.65 Å². The summed E-state index contributed by atoms with van der Waals surface area (Å²) in [5, 5.41) is 7.79. The van der Waals surface area contributed by atoms with Crippen LogP contribution in [0, 0.1) is 0 Å². The average Bonchev–Trinajstić information content (AvgIpc) is 3.41. The third-order valence-electron chi connectivity index (χ3n) is 6.12. The lowest BCUT2D eigenvalue weighted by Crippen LogP contribution is -2.50. The molecule has 1 fully saturated rings. The Morgan fingerprint density at radius 1 is 1.03 bits per heavy atom. The van der Waals surface area contributed by atoms with Gasteiger partial charge in [-0.05, 0) is 37.5 Å². The second-order valence-corrected chi connectivity index (χ2v) is 8.73. The third-order valence-corrected chi connectivity index (χ3v) is 6.12. The van der Waals surface area contributed by atoms with Crippen molar-refractivity contribution in [3.8, 4) is 5.69 Å². The molecule has 0 bridgehead atoms. The van der Waals surface area contributed by atoms with E-state index in [1.54, 1.807) is 6.92 Å². The highest BCUT2D eigenvalue weighted by atomic mass is 16.2. The standard InChI is InChI=1S/C25H23N7O4/c1-25(13-12-17-8-4-2-5-9-17)23(35)32(24(36)28-25)29-20(33)15-30-16-26-21-19(22(30)34)14-27-31(21)18-10-6-3-7-11-18/h2-11,14,16H,12-13,15H2,1H3,(H,28,36)(H,29,33)/t25-/m0/s1. The number of aromatic nitrogens is 4. The molecule has 4 amide bonds. The molecule has 182 valence electrons. The number of carbonyl (C=O) groups is 3. The number of hydrogen-bond donors (Lipinski definition) is 2. The van der Waals surface area contributed by atoms with Crippen LogP contribution < -0.4 is 16.3 Å². The van der Waals surface area contributed by atoms with Gasteiger partial charge in [-0.15, -0.1) is 0 Å². The summed E-state index contributed by atoms with van der Waals surface area (Å²) < 4.78 is 2.63. The van der Waals surface area contributed by atoms with Gasteiger partial charge < -0.3 is 5.32 Å². The lowest BCUT2D eigenvalue weighted by Gasteiger charge is -2.21. The molecular weight excluding hydrogens is 462 g/mol. The number of para-hydroxylation sites is 1. The molecule has 4 aromatic rings. The Morgan fingerprint density at radius 2 is 1.72 bits per heavy atom. The van der Waals surface area contributed by atoms with Crippen LogP contribution in [0.2, 0.25) is 0 Å². The van der Waals surface area contributed by atoms with E-state index in [1.807, 2.05) is 60.7 Å². The van der Waals surface area contributed by atoms with Crippen LogP contribution in [-0.2, 0) is 22.6 Å². The number of benzene rings is 2. The van der Waals surface area contributed by atoms with Gasteiger partial charge in [-0.25, -0.2) is 14.5 Å². The Hall–Kier alpha value is -4.80. The maximum Gasteiger partial charge on any atom is 0.344 e.